The molecule has 0 aromatic heterocycles. The molecule has 2 rings (SSSR count). The number of amides is 1. The first-order chi connectivity index (χ1) is 12.4. The van der Waals surface area contributed by atoms with E-state index in [0.717, 1.165) is 36.0 Å². The molecule has 0 radical (unpaired) electrons. The fraction of sp³-hybridized carbons (Fsp3) is 0.412. The Hall–Kier alpha value is -2.39. The molecule has 1 unspecified atom stereocenters. The lowest BCUT2D eigenvalue weighted by Crippen LogP contribution is -2.26. The van der Waals surface area contributed by atoms with E-state index in [9.17, 15) is 9.59 Å². The highest BCUT2D eigenvalue weighted by Gasteiger charge is 2.32. The van der Waals surface area contributed by atoms with Gasteiger partial charge in [0.25, 0.3) is 0 Å². The number of hydrogen-bond acceptors (Lipinski definition) is 7. The van der Waals surface area contributed by atoms with Gasteiger partial charge in [-0.1, -0.05) is 23.9 Å². The van der Waals surface area contributed by atoms with E-state index in [1.807, 2.05) is 38.4 Å². The molecule has 0 saturated carbocycles. The van der Waals surface area contributed by atoms with Crippen LogP contribution in [-0.4, -0.2) is 65.8 Å². The van der Waals surface area contributed by atoms with Gasteiger partial charge in [0.1, 0.15) is 11.0 Å². The van der Waals surface area contributed by atoms with Gasteiger partial charge in [0.05, 0.1) is 19.2 Å². The number of thioether (sulfide) groups is 1. The maximum Gasteiger partial charge on any atom is 0.305 e. The van der Waals surface area contributed by atoms with E-state index >= 15 is 0 Å². The molecule has 1 heterocycles. The second-order valence-corrected chi connectivity index (χ2v) is 7.11. The van der Waals surface area contributed by atoms with E-state index in [-0.39, 0.29) is 12.3 Å². The van der Waals surface area contributed by atoms with Gasteiger partial charge in [-0.2, -0.15) is 5.10 Å². The molecule has 26 heavy (non-hydrogen) atoms. The van der Waals surface area contributed by atoms with E-state index in [1.165, 1.54) is 0 Å². The van der Waals surface area contributed by atoms with Gasteiger partial charge in [0, 0.05) is 6.54 Å². The summed E-state index contributed by atoms with van der Waals surface area (Å²) in [5, 5.41) is 18.8. The predicted octanol–water partition coefficient (Wildman–Crippen LogP) is 1.41. The maximum absolute atomic E-state index is 11.6. The van der Waals surface area contributed by atoms with Gasteiger partial charge in [-0.05, 0) is 38.2 Å². The van der Waals surface area contributed by atoms with E-state index in [4.69, 9.17) is 9.84 Å². The second-order valence-electron chi connectivity index (χ2n) is 5.92. The van der Waals surface area contributed by atoms with Crippen LogP contribution in [0.1, 0.15) is 18.4 Å². The third kappa shape index (κ3) is 6.85. The van der Waals surface area contributed by atoms with E-state index in [1.54, 1.807) is 6.21 Å². The van der Waals surface area contributed by atoms with E-state index < -0.39 is 11.2 Å². The molecule has 1 aromatic rings. The zero-order valence-corrected chi connectivity index (χ0v) is 15.5. The number of nitrogens with zero attached hydrogens (tertiary/aromatic N) is 3. The zero-order valence-electron chi connectivity index (χ0n) is 14.7. The van der Waals surface area contributed by atoms with Crippen LogP contribution < -0.4 is 10.1 Å². The number of carboxylic acid groups (broad SMARTS) is 1. The monoisotopic (exact) mass is 378 g/mol. The van der Waals surface area contributed by atoms with Crippen LogP contribution in [0, 0.1) is 0 Å². The molecule has 140 valence electrons. The van der Waals surface area contributed by atoms with Crippen molar-refractivity contribution in [1.29, 1.82) is 0 Å². The molecule has 1 aliphatic heterocycles. The fourth-order valence-corrected chi connectivity index (χ4v) is 3.06. The van der Waals surface area contributed by atoms with Crippen molar-refractivity contribution in [1.82, 2.24) is 10.2 Å². The molecule has 0 spiro atoms. The largest absolute Gasteiger partial charge is 0.494 e. The summed E-state index contributed by atoms with van der Waals surface area (Å²) in [6.07, 6.45) is 2.25. The third-order valence-electron chi connectivity index (χ3n) is 3.37. The van der Waals surface area contributed by atoms with Gasteiger partial charge in [-0.3, -0.25) is 9.59 Å². The normalized spacial score (nSPS) is 18.7. The molecule has 1 aliphatic rings. The number of rotatable bonds is 9. The number of nitrogens with one attached hydrogen (secondary N) is 1. The predicted molar refractivity (Wildman–Crippen MR) is 102 cm³/mol. The van der Waals surface area contributed by atoms with Crippen LogP contribution in [0.4, 0.5) is 0 Å². The van der Waals surface area contributed by atoms with E-state index in [0.29, 0.717) is 11.8 Å². The van der Waals surface area contributed by atoms with Crippen LogP contribution in [0.5, 0.6) is 5.75 Å². The summed E-state index contributed by atoms with van der Waals surface area (Å²) in [5.74, 6) is -0.630. The minimum atomic E-state index is -1.02. The topological polar surface area (TPSA) is 104 Å². The fourth-order valence-electron chi connectivity index (χ4n) is 2.15. The average Bonchev–Trinajstić information content (AvgIpc) is 2.91. The van der Waals surface area contributed by atoms with Gasteiger partial charge in [-0.25, -0.2) is 0 Å². The Morgan fingerprint density at radius 1 is 1.46 bits per heavy atom. The van der Waals surface area contributed by atoms with Crippen LogP contribution >= 0.6 is 11.8 Å². The summed E-state index contributed by atoms with van der Waals surface area (Å²) in [6.45, 7) is 1.60. The summed E-state index contributed by atoms with van der Waals surface area (Å²) in [4.78, 5) is 24.4. The lowest BCUT2D eigenvalue weighted by molar-refractivity contribution is -0.138. The summed E-state index contributed by atoms with van der Waals surface area (Å²) < 4.78 is 5.70. The van der Waals surface area contributed by atoms with Crippen LogP contribution in [0.2, 0.25) is 0 Å². The summed E-state index contributed by atoms with van der Waals surface area (Å²) in [7, 11) is 4.04. The minimum absolute atomic E-state index is 0.244. The van der Waals surface area contributed by atoms with E-state index in [2.05, 4.69) is 20.4 Å². The molecule has 0 aliphatic carbocycles. The van der Waals surface area contributed by atoms with Gasteiger partial charge in [0.15, 0.2) is 5.17 Å². The molecule has 1 atom stereocenters. The van der Waals surface area contributed by atoms with Crippen LogP contribution in [0.15, 0.2) is 34.5 Å². The first-order valence-corrected chi connectivity index (χ1v) is 9.00. The first-order valence-electron chi connectivity index (χ1n) is 8.12. The number of hydrogen-bond donors (Lipinski definition) is 2. The molecule has 0 bridgehead atoms. The number of aliphatic carboxylic acids is 1. The Bertz CT molecular complexity index is 706. The maximum atomic E-state index is 11.6. The van der Waals surface area contributed by atoms with Crippen molar-refractivity contribution < 1.29 is 19.4 Å². The Morgan fingerprint density at radius 3 is 3.00 bits per heavy atom. The van der Waals surface area contributed by atoms with Crippen molar-refractivity contribution in [3.8, 4) is 5.75 Å². The van der Waals surface area contributed by atoms with Crippen LogP contribution in [-0.2, 0) is 9.59 Å². The number of carbonyl (C=O) groups excluding carboxylic acids is 1. The molecule has 9 heteroatoms. The zero-order chi connectivity index (χ0) is 18.9. The highest BCUT2D eigenvalue weighted by molar-refractivity contribution is 8.15. The minimum Gasteiger partial charge on any atom is -0.494 e. The Balaban J connectivity index is 1.87. The Labute approximate surface area is 156 Å². The lowest BCUT2D eigenvalue weighted by atomic mass is 10.2. The lowest BCUT2D eigenvalue weighted by Gasteiger charge is -2.10. The van der Waals surface area contributed by atoms with Crippen LogP contribution in [0.25, 0.3) is 0 Å². The number of amidine groups is 1. The Kier molecular flexibility index (Phi) is 7.61. The molecular weight excluding hydrogens is 356 g/mol. The van der Waals surface area contributed by atoms with Crippen molar-refractivity contribution in [2.24, 2.45) is 10.2 Å². The van der Waals surface area contributed by atoms with Gasteiger partial charge in [0.2, 0.25) is 5.91 Å². The van der Waals surface area contributed by atoms with Gasteiger partial charge >= 0.3 is 5.97 Å². The summed E-state index contributed by atoms with van der Waals surface area (Å²) in [5.41, 5.74) is 0.816. The van der Waals surface area contributed by atoms with Gasteiger partial charge in [-0.15, -0.1) is 5.10 Å². The molecule has 8 nitrogen and oxygen atoms in total. The smallest absolute Gasteiger partial charge is 0.305 e. The standard InChI is InChI=1S/C17H22N4O4S/c1-21(2)7-4-8-25-13-6-3-5-12(9-13)11-18-20-17-19-16(24)14(26-17)10-15(22)23/h3,5-6,9,11,14H,4,7-8,10H2,1-2H3,(H,22,23)(H,19,20,24). The summed E-state index contributed by atoms with van der Waals surface area (Å²) >= 11 is 1.07. The van der Waals surface area contributed by atoms with Crippen molar-refractivity contribution >= 4 is 35.0 Å². The summed E-state index contributed by atoms with van der Waals surface area (Å²) in [6, 6.07) is 7.46. The molecule has 1 amide bonds. The van der Waals surface area contributed by atoms with Crippen LogP contribution in [0.3, 0.4) is 0 Å². The highest BCUT2D eigenvalue weighted by Crippen LogP contribution is 2.22. The molecule has 1 fully saturated rings. The van der Waals surface area contributed by atoms with Gasteiger partial charge < -0.3 is 20.1 Å². The molecule has 1 saturated heterocycles. The van der Waals surface area contributed by atoms with Crippen molar-refractivity contribution in [3.05, 3.63) is 29.8 Å². The first kappa shape index (κ1) is 19.9. The Morgan fingerprint density at radius 2 is 2.27 bits per heavy atom. The SMILES string of the molecule is CN(C)CCCOc1cccc(C=NN=C2NC(=O)C(CC(=O)O)S2)c1. The van der Waals surface area contributed by atoms with Crippen molar-refractivity contribution in [3.63, 3.8) is 0 Å². The third-order valence-corrected chi connectivity index (χ3v) is 4.44. The number of ether oxygens (including phenoxy) is 1. The van der Waals surface area contributed by atoms with Crippen molar-refractivity contribution in [2.75, 3.05) is 27.2 Å². The average molecular weight is 378 g/mol. The molecular formula is C17H22N4O4S. The number of carbonyl (C=O) groups is 2. The number of benzene rings is 1. The molecule has 2 N–H and O–H groups in total. The highest BCUT2D eigenvalue weighted by atomic mass is 32.2. The quantitative estimate of drug-likeness (QED) is 0.383. The number of carboxylic acids is 1. The van der Waals surface area contributed by atoms with Crippen molar-refractivity contribution in [2.45, 2.75) is 18.1 Å². The second kappa shape index (κ2) is 9.93. The molecule has 1 aromatic carbocycles.